The van der Waals surface area contributed by atoms with Gasteiger partial charge in [0.25, 0.3) is 0 Å². The molecule has 17 heteroatoms. The van der Waals surface area contributed by atoms with E-state index in [1.165, 1.54) is 54.8 Å². The van der Waals surface area contributed by atoms with Gasteiger partial charge in [-0.15, -0.1) is 16.6 Å². The van der Waals surface area contributed by atoms with E-state index in [1.807, 2.05) is 18.2 Å². The van der Waals surface area contributed by atoms with E-state index in [0.717, 1.165) is 11.1 Å². The summed E-state index contributed by atoms with van der Waals surface area (Å²) in [7, 11) is 9.20. The first kappa shape index (κ1) is 48.9. The third-order valence-electron chi connectivity index (χ3n) is 10.5. The number of ketones is 2. The van der Waals surface area contributed by atoms with E-state index in [9.17, 15) is 9.59 Å². The minimum atomic E-state index is -0.187. The van der Waals surface area contributed by atoms with Gasteiger partial charge >= 0.3 is 0 Å². The molecular formula is C53H50N6O11. The van der Waals surface area contributed by atoms with Gasteiger partial charge in [0, 0.05) is 11.1 Å². The Kier molecular flexibility index (Phi) is 16.5. The summed E-state index contributed by atoms with van der Waals surface area (Å²) in [5.74, 6) is 6.75. The number of hydrogen-bond acceptors (Lipinski definition) is 15. The maximum atomic E-state index is 13.0. The number of carbonyl (C=O) groups excluding carboxylic acids is 2. The maximum Gasteiger partial charge on any atom is 0.203 e. The van der Waals surface area contributed by atoms with Crippen molar-refractivity contribution in [1.82, 2.24) is 30.0 Å². The lowest BCUT2D eigenvalue weighted by Crippen LogP contribution is -2.06. The Bertz CT molecular complexity index is 2780. The fourth-order valence-electron chi connectivity index (χ4n) is 7.13. The first-order valence-corrected chi connectivity index (χ1v) is 21.6. The molecule has 0 unspecified atom stereocenters. The normalized spacial score (nSPS) is 11.0. The van der Waals surface area contributed by atoms with E-state index in [4.69, 9.17) is 49.1 Å². The summed E-state index contributed by atoms with van der Waals surface area (Å²) in [4.78, 5) is 25.9. The standard InChI is InChI=1S/C53H50N6O11/c1-8-21-68-45-23-37(29-58-31-41(54-56-58)33-69-43-15-11-39(12-16-43)46(60)19-9-35-25-48(62-2)52(66-6)49(26-35)63-3)22-38(24-45)30-59-32-42(55-57-59)34-70-44-17-13-40(14-18-44)47(61)20-10-36-27-50(64-4)53(67-7)51(28-36)65-5/h1,9-20,22-28,31-32H,21,29-30,33-34H2,2-7H3/b19-9+,20-10+. The summed E-state index contributed by atoms with van der Waals surface area (Å²) < 4.78 is 53.5. The van der Waals surface area contributed by atoms with Gasteiger partial charge in [0.15, 0.2) is 34.6 Å². The van der Waals surface area contributed by atoms with Gasteiger partial charge in [-0.05, 0) is 119 Å². The summed E-state index contributed by atoms with van der Waals surface area (Å²) >= 11 is 0. The van der Waals surface area contributed by atoms with Gasteiger partial charge in [-0.1, -0.05) is 34.6 Å². The van der Waals surface area contributed by atoms with E-state index < -0.39 is 0 Å². The van der Waals surface area contributed by atoms with Crippen molar-refractivity contribution in [3.8, 4) is 64.1 Å². The fourth-order valence-corrected chi connectivity index (χ4v) is 7.13. The molecule has 0 fully saturated rings. The van der Waals surface area contributed by atoms with Crippen LogP contribution < -0.4 is 42.6 Å². The van der Waals surface area contributed by atoms with Crippen molar-refractivity contribution in [3.63, 3.8) is 0 Å². The molecule has 0 saturated carbocycles. The highest BCUT2D eigenvalue weighted by Crippen LogP contribution is 2.39. The molecule has 5 aromatic carbocycles. The molecule has 0 bridgehead atoms. The second-order valence-electron chi connectivity index (χ2n) is 15.2. The molecule has 0 saturated heterocycles. The van der Waals surface area contributed by atoms with Crippen LogP contribution in [0.2, 0.25) is 0 Å². The van der Waals surface area contributed by atoms with Crippen LogP contribution in [-0.2, 0) is 26.3 Å². The quantitative estimate of drug-likeness (QED) is 0.0323. The smallest absolute Gasteiger partial charge is 0.203 e. The highest BCUT2D eigenvalue weighted by atomic mass is 16.5. The van der Waals surface area contributed by atoms with Crippen LogP contribution in [0.15, 0.2) is 116 Å². The van der Waals surface area contributed by atoms with Crippen molar-refractivity contribution in [3.05, 3.63) is 160 Å². The zero-order valence-electron chi connectivity index (χ0n) is 39.4. The zero-order chi connectivity index (χ0) is 49.4. The molecule has 0 aliphatic heterocycles. The van der Waals surface area contributed by atoms with Gasteiger partial charge in [-0.3, -0.25) is 9.59 Å². The Balaban J connectivity index is 0.910. The number of ether oxygens (including phenoxy) is 9. The van der Waals surface area contributed by atoms with Crippen LogP contribution in [0.1, 0.15) is 54.4 Å². The van der Waals surface area contributed by atoms with Crippen LogP contribution in [0.25, 0.3) is 12.2 Å². The van der Waals surface area contributed by atoms with Gasteiger partial charge in [0.2, 0.25) is 11.5 Å². The summed E-state index contributed by atoms with van der Waals surface area (Å²) in [5, 5.41) is 17.2. The van der Waals surface area contributed by atoms with E-state index >= 15 is 0 Å². The summed E-state index contributed by atoms with van der Waals surface area (Å²) in [6.07, 6.45) is 15.4. The Morgan fingerprint density at radius 2 is 0.929 bits per heavy atom. The lowest BCUT2D eigenvalue weighted by Gasteiger charge is -2.12. The van der Waals surface area contributed by atoms with E-state index in [0.29, 0.717) is 98.5 Å². The second kappa shape index (κ2) is 23.6. The number of allylic oxidation sites excluding steroid dienone is 2. The Morgan fingerprint density at radius 3 is 1.29 bits per heavy atom. The number of hydrogen-bond donors (Lipinski definition) is 0. The molecule has 0 aliphatic rings. The first-order valence-electron chi connectivity index (χ1n) is 21.6. The largest absolute Gasteiger partial charge is 0.493 e. The first-order chi connectivity index (χ1) is 34.1. The number of methoxy groups -OCH3 is 6. The molecule has 0 spiro atoms. The molecule has 0 N–H and O–H groups in total. The number of rotatable bonds is 24. The fraction of sp³-hybridized carbons (Fsp3) is 0.208. The van der Waals surface area contributed by atoms with Crippen LogP contribution in [0.5, 0.6) is 51.7 Å². The molecule has 0 aliphatic carbocycles. The molecule has 7 aromatic rings. The zero-order valence-corrected chi connectivity index (χ0v) is 39.4. The Labute approximate surface area is 404 Å². The second-order valence-corrected chi connectivity index (χ2v) is 15.2. The maximum absolute atomic E-state index is 13.0. The van der Waals surface area contributed by atoms with Crippen molar-refractivity contribution in [2.75, 3.05) is 49.3 Å². The Morgan fingerprint density at radius 1 is 0.529 bits per heavy atom. The van der Waals surface area contributed by atoms with Crippen molar-refractivity contribution in [2.45, 2.75) is 26.3 Å². The molecule has 358 valence electrons. The van der Waals surface area contributed by atoms with E-state index in [-0.39, 0.29) is 31.4 Å². The lowest BCUT2D eigenvalue weighted by molar-refractivity contribution is 0.103. The van der Waals surface area contributed by atoms with Gasteiger partial charge < -0.3 is 42.6 Å². The van der Waals surface area contributed by atoms with Gasteiger partial charge in [0.1, 0.15) is 48.5 Å². The number of nitrogens with zero attached hydrogens (tertiary/aromatic N) is 6. The molecule has 7 rings (SSSR count). The minimum absolute atomic E-state index is 0.0974. The predicted molar refractivity (Wildman–Crippen MR) is 259 cm³/mol. The van der Waals surface area contributed by atoms with Gasteiger partial charge in [-0.25, -0.2) is 9.36 Å². The Hall–Kier alpha value is -9.04. The van der Waals surface area contributed by atoms with Crippen molar-refractivity contribution in [1.29, 1.82) is 0 Å². The molecule has 2 aromatic heterocycles. The predicted octanol–water partition coefficient (Wildman–Crippen LogP) is 7.98. The molecule has 0 atom stereocenters. The highest BCUT2D eigenvalue weighted by Gasteiger charge is 2.15. The lowest BCUT2D eigenvalue weighted by atomic mass is 10.1. The topological polar surface area (TPSA) is 179 Å². The SMILES string of the molecule is C#CCOc1cc(Cn2cc(COc3ccc(C(=O)/C=C/c4cc(OC)c(OC)c(OC)c4)cc3)nn2)cc(Cn2cc(COc3ccc(C(=O)/C=C/c4cc(OC)c(OC)c(OC)c4)cc3)nn2)c1. The van der Waals surface area contributed by atoms with Crippen molar-refractivity contribution >= 4 is 23.7 Å². The van der Waals surface area contributed by atoms with Crippen molar-refractivity contribution in [2.24, 2.45) is 0 Å². The molecule has 0 radical (unpaired) electrons. The molecule has 2 heterocycles. The van der Waals surface area contributed by atoms with Crippen LogP contribution in [0.3, 0.4) is 0 Å². The summed E-state index contributed by atoms with van der Waals surface area (Å²) in [6, 6.07) is 26.5. The highest BCUT2D eigenvalue weighted by molar-refractivity contribution is 6.07. The van der Waals surface area contributed by atoms with E-state index in [2.05, 4.69) is 26.5 Å². The van der Waals surface area contributed by atoms with Crippen LogP contribution in [-0.4, -0.2) is 90.8 Å². The number of aromatic nitrogens is 6. The average Bonchev–Trinajstić information content (AvgIpc) is 4.05. The van der Waals surface area contributed by atoms with E-state index in [1.54, 1.807) is 107 Å². The molecule has 0 amide bonds. The van der Waals surface area contributed by atoms with Crippen LogP contribution in [0.4, 0.5) is 0 Å². The van der Waals surface area contributed by atoms with Crippen molar-refractivity contribution < 1.29 is 52.2 Å². The number of carbonyl (C=O) groups is 2. The van der Waals surface area contributed by atoms with Crippen LogP contribution in [0, 0.1) is 12.3 Å². The number of benzene rings is 5. The summed E-state index contributed by atoms with van der Waals surface area (Å²) in [6.45, 7) is 1.19. The van der Waals surface area contributed by atoms with Gasteiger partial charge in [0.05, 0.1) is 68.1 Å². The van der Waals surface area contributed by atoms with Gasteiger partial charge in [-0.2, -0.15) is 0 Å². The minimum Gasteiger partial charge on any atom is -0.493 e. The molecule has 70 heavy (non-hydrogen) atoms. The molecular weight excluding hydrogens is 897 g/mol. The molecule has 17 nitrogen and oxygen atoms in total. The van der Waals surface area contributed by atoms with Crippen LogP contribution >= 0.6 is 0 Å². The third kappa shape index (κ3) is 12.7. The summed E-state index contributed by atoms with van der Waals surface area (Å²) in [5.41, 5.74) is 5.40. The number of terminal acetylenes is 1. The monoisotopic (exact) mass is 946 g/mol. The average molecular weight is 947 g/mol. The third-order valence-corrected chi connectivity index (χ3v) is 10.5.